The van der Waals surface area contributed by atoms with Crippen LogP contribution in [0.2, 0.25) is 0 Å². The molecule has 4 nitrogen and oxygen atoms in total. The number of nitrogens with zero attached hydrogens (tertiary/aromatic N) is 1. The van der Waals surface area contributed by atoms with Gasteiger partial charge in [0.1, 0.15) is 11.0 Å². The molecule has 0 saturated heterocycles. The second-order valence-corrected chi connectivity index (χ2v) is 5.11. The first-order valence-electron chi connectivity index (χ1n) is 5.85. The summed E-state index contributed by atoms with van der Waals surface area (Å²) in [6, 6.07) is 9.45. The first kappa shape index (κ1) is 13.7. The third kappa shape index (κ3) is 3.17. The van der Waals surface area contributed by atoms with Gasteiger partial charge in [-0.3, -0.25) is 4.79 Å². The molecule has 19 heavy (non-hydrogen) atoms. The zero-order chi connectivity index (χ0) is 13.8. The van der Waals surface area contributed by atoms with Crippen LogP contribution in [-0.2, 0) is 9.53 Å². The topological polar surface area (TPSA) is 52.3 Å². The van der Waals surface area contributed by atoms with Crippen molar-refractivity contribution in [2.24, 2.45) is 0 Å². The summed E-state index contributed by atoms with van der Waals surface area (Å²) in [7, 11) is 1.38. The van der Waals surface area contributed by atoms with Gasteiger partial charge in [0, 0.05) is 0 Å². The second-order valence-electron chi connectivity index (χ2n) is 4.05. The van der Waals surface area contributed by atoms with Gasteiger partial charge in [0.2, 0.25) is 0 Å². The summed E-state index contributed by atoms with van der Waals surface area (Å²) < 4.78 is 10.4. The van der Waals surface area contributed by atoms with Crippen molar-refractivity contribution in [3.63, 3.8) is 0 Å². The van der Waals surface area contributed by atoms with Crippen molar-refractivity contribution in [3.05, 3.63) is 47.3 Å². The lowest BCUT2D eigenvalue weighted by Crippen LogP contribution is -2.11. The molecule has 0 N–H and O–H groups in total. The molecule has 1 aromatic heterocycles. The number of esters is 1. The Labute approximate surface area is 116 Å². The number of carbonyl (C=O) groups excluding carboxylic acids is 1. The van der Waals surface area contributed by atoms with E-state index in [0.717, 1.165) is 17.0 Å². The number of hydrogen-bond acceptors (Lipinski definition) is 5. The van der Waals surface area contributed by atoms with Crippen molar-refractivity contribution in [1.29, 1.82) is 0 Å². The summed E-state index contributed by atoms with van der Waals surface area (Å²) in [6.07, 6.45) is 0. The van der Waals surface area contributed by atoms with Gasteiger partial charge >= 0.3 is 5.97 Å². The summed E-state index contributed by atoms with van der Waals surface area (Å²) in [4.78, 5) is 16.2. The highest BCUT2D eigenvalue weighted by Crippen LogP contribution is 2.36. The number of aryl methyl sites for hydroxylation is 2. The van der Waals surface area contributed by atoms with Gasteiger partial charge in [0.15, 0.2) is 0 Å². The van der Waals surface area contributed by atoms with Gasteiger partial charge in [-0.25, -0.2) is 4.98 Å². The largest absolute Gasteiger partial charge is 0.468 e. The third-order valence-electron chi connectivity index (χ3n) is 2.75. The minimum atomic E-state index is -0.469. The molecule has 1 heterocycles. The van der Waals surface area contributed by atoms with Crippen LogP contribution in [0.3, 0.4) is 0 Å². The SMILES string of the molecule is COC(=O)[C@@H](Sc1nc(C)c(C)o1)c1ccccc1. The van der Waals surface area contributed by atoms with E-state index in [1.54, 1.807) is 0 Å². The molecule has 0 spiro atoms. The van der Waals surface area contributed by atoms with Crippen LogP contribution in [0.15, 0.2) is 40.0 Å². The molecular formula is C14H15NO3S. The van der Waals surface area contributed by atoms with Gasteiger partial charge in [-0.1, -0.05) is 30.3 Å². The van der Waals surface area contributed by atoms with Crippen LogP contribution >= 0.6 is 11.8 Å². The lowest BCUT2D eigenvalue weighted by molar-refractivity contribution is -0.140. The first-order chi connectivity index (χ1) is 9.11. The van der Waals surface area contributed by atoms with Crippen LogP contribution in [0, 0.1) is 13.8 Å². The van der Waals surface area contributed by atoms with E-state index in [1.165, 1.54) is 18.9 Å². The maximum atomic E-state index is 11.9. The highest BCUT2D eigenvalue weighted by Gasteiger charge is 2.25. The molecule has 0 bridgehead atoms. The Balaban J connectivity index is 2.26. The fourth-order valence-electron chi connectivity index (χ4n) is 1.58. The van der Waals surface area contributed by atoms with E-state index in [2.05, 4.69) is 4.98 Å². The Morgan fingerprint density at radius 1 is 1.32 bits per heavy atom. The molecule has 1 aromatic carbocycles. The van der Waals surface area contributed by atoms with Gasteiger partial charge in [0.25, 0.3) is 5.22 Å². The van der Waals surface area contributed by atoms with Gasteiger partial charge in [-0.05, 0) is 31.2 Å². The summed E-state index contributed by atoms with van der Waals surface area (Å²) >= 11 is 1.26. The van der Waals surface area contributed by atoms with Crippen LogP contribution in [0.25, 0.3) is 0 Å². The molecule has 0 aliphatic rings. The van der Waals surface area contributed by atoms with E-state index >= 15 is 0 Å². The molecular weight excluding hydrogens is 262 g/mol. The van der Waals surface area contributed by atoms with Crippen molar-refractivity contribution in [1.82, 2.24) is 4.98 Å². The highest BCUT2D eigenvalue weighted by molar-refractivity contribution is 8.00. The molecule has 2 aromatic rings. The quantitative estimate of drug-likeness (QED) is 0.634. The van der Waals surface area contributed by atoms with Gasteiger partial charge in [-0.2, -0.15) is 0 Å². The van der Waals surface area contributed by atoms with Gasteiger partial charge < -0.3 is 9.15 Å². The molecule has 0 unspecified atom stereocenters. The fraction of sp³-hybridized carbons (Fsp3) is 0.286. The van der Waals surface area contributed by atoms with Gasteiger partial charge in [-0.15, -0.1) is 0 Å². The van der Waals surface area contributed by atoms with Crippen LogP contribution < -0.4 is 0 Å². The molecule has 0 aliphatic carbocycles. The van der Waals surface area contributed by atoms with Crippen LogP contribution in [0.1, 0.15) is 22.3 Å². The molecule has 2 rings (SSSR count). The van der Waals surface area contributed by atoms with E-state index in [4.69, 9.17) is 9.15 Å². The van der Waals surface area contributed by atoms with E-state index < -0.39 is 5.25 Å². The van der Waals surface area contributed by atoms with Crippen LogP contribution in [0.4, 0.5) is 0 Å². The van der Waals surface area contributed by atoms with Crippen molar-refractivity contribution in [3.8, 4) is 0 Å². The smallest absolute Gasteiger partial charge is 0.323 e. The highest BCUT2D eigenvalue weighted by atomic mass is 32.2. The number of oxazole rings is 1. The maximum absolute atomic E-state index is 11.9. The summed E-state index contributed by atoms with van der Waals surface area (Å²) in [5.41, 5.74) is 1.70. The number of hydrogen-bond donors (Lipinski definition) is 0. The van der Waals surface area contributed by atoms with E-state index in [0.29, 0.717) is 5.22 Å². The van der Waals surface area contributed by atoms with E-state index in [9.17, 15) is 4.79 Å². The van der Waals surface area contributed by atoms with Gasteiger partial charge in [0.05, 0.1) is 12.8 Å². The molecule has 0 aliphatic heterocycles. The maximum Gasteiger partial charge on any atom is 0.323 e. The van der Waals surface area contributed by atoms with Crippen molar-refractivity contribution < 1.29 is 13.9 Å². The molecule has 0 amide bonds. The Hall–Kier alpha value is -1.75. The zero-order valence-electron chi connectivity index (χ0n) is 11.0. The molecule has 0 saturated carbocycles. The Morgan fingerprint density at radius 3 is 2.53 bits per heavy atom. The number of benzene rings is 1. The number of carbonyl (C=O) groups is 1. The Kier molecular flexibility index (Phi) is 4.27. The number of methoxy groups -OCH3 is 1. The Morgan fingerprint density at radius 2 is 2.00 bits per heavy atom. The van der Waals surface area contributed by atoms with Crippen LogP contribution in [0.5, 0.6) is 0 Å². The molecule has 5 heteroatoms. The summed E-state index contributed by atoms with van der Waals surface area (Å²) in [5.74, 6) is 0.448. The number of thioether (sulfide) groups is 1. The van der Waals surface area contributed by atoms with Crippen molar-refractivity contribution in [2.75, 3.05) is 7.11 Å². The number of ether oxygens (including phenoxy) is 1. The fourth-order valence-corrected chi connectivity index (χ4v) is 2.63. The first-order valence-corrected chi connectivity index (χ1v) is 6.73. The average Bonchev–Trinajstić information content (AvgIpc) is 2.75. The number of rotatable bonds is 4. The standard InChI is InChI=1S/C14H15NO3S/c1-9-10(2)18-14(15-9)19-12(13(16)17-3)11-7-5-4-6-8-11/h4-8,12H,1-3H3/t12-/m0/s1. The molecule has 0 fully saturated rings. The second kappa shape index (κ2) is 5.93. The molecule has 1 atom stereocenters. The summed E-state index contributed by atoms with van der Waals surface area (Å²) in [5, 5.41) is 0.0119. The van der Waals surface area contributed by atoms with E-state index in [-0.39, 0.29) is 5.97 Å². The van der Waals surface area contributed by atoms with Crippen molar-refractivity contribution in [2.45, 2.75) is 24.3 Å². The average molecular weight is 277 g/mol. The van der Waals surface area contributed by atoms with Crippen molar-refractivity contribution >= 4 is 17.7 Å². The monoisotopic (exact) mass is 277 g/mol. The number of aromatic nitrogens is 1. The predicted octanol–water partition coefficient (Wildman–Crippen LogP) is 3.30. The molecule has 100 valence electrons. The predicted molar refractivity (Wildman–Crippen MR) is 73.0 cm³/mol. The van der Waals surface area contributed by atoms with Crippen LogP contribution in [-0.4, -0.2) is 18.1 Å². The van der Waals surface area contributed by atoms with E-state index in [1.807, 2.05) is 44.2 Å². The minimum absolute atomic E-state index is 0.315. The third-order valence-corrected chi connectivity index (χ3v) is 3.82. The lowest BCUT2D eigenvalue weighted by atomic mass is 10.1. The minimum Gasteiger partial charge on any atom is -0.468 e. The summed E-state index contributed by atoms with van der Waals surface area (Å²) in [6.45, 7) is 3.72. The zero-order valence-corrected chi connectivity index (χ0v) is 11.9. The lowest BCUT2D eigenvalue weighted by Gasteiger charge is -2.12. The normalized spacial score (nSPS) is 12.2. The molecule has 0 radical (unpaired) electrons. The Bertz CT molecular complexity index is 546.